The number of aryl methyl sites for hydroxylation is 1. The first-order valence-electron chi connectivity index (χ1n) is 5.95. The van der Waals surface area contributed by atoms with Gasteiger partial charge in [-0.25, -0.2) is 4.39 Å². The Morgan fingerprint density at radius 2 is 2.05 bits per heavy atom. The van der Waals surface area contributed by atoms with Gasteiger partial charge in [0.1, 0.15) is 5.82 Å². The van der Waals surface area contributed by atoms with Crippen LogP contribution in [-0.2, 0) is 11.2 Å². The van der Waals surface area contributed by atoms with Gasteiger partial charge in [0, 0.05) is 0 Å². The average molecular weight is 258 g/mol. The van der Waals surface area contributed by atoms with Crippen LogP contribution in [0.4, 0.5) is 15.8 Å². The summed E-state index contributed by atoms with van der Waals surface area (Å²) in [5.74, 6) is -0.566. The van der Waals surface area contributed by atoms with Gasteiger partial charge in [-0.1, -0.05) is 18.2 Å². The maximum atomic E-state index is 13.0. The minimum Gasteiger partial charge on any atom is -0.397 e. The highest BCUT2D eigenvalue weighted by atomic mass is 19.1. The van der Waals surface area contributed by atoms with E-state index >= 15 is 0 Å². The maximum Gasteiger partial charge on any atom is 0.228 e. The summed E-state index contributed by atoms with van der Waals surface area (Å²) in [5.41, 5.74) is 8.52. The van der Waals surface area contributed by atoms with Crippen LogP contribution in [0.25, 0.3) is 0 Å². The van der Waals surface area contributed by atoms with Gasteiger partial charge in [-0.15, -0.1) is 0 Å². The predicted octanol–water partition coefficient (Wildman–Crippen LogP) is 2.90. The number of carbonyl (C=O) groups is 1. The molecule has 0 heterocycles. The van der Waals surface area contributed by atoms with Crippen LogP contribution in [0, 0.1) is 12.7 Å². The van der Waals surface area contributed by atoms with E-state index < -0.39 is 0 Å². The standard InChI is InChI=1S/C15H15FN2O/c1-10-5-6-13(17)14(7-10)18-15(19)9-11-3-2-4-12(16)8-11/h2-8H,9,17H2,1H3,(H,18,19). The Kier molecular flexibility index (Phi) is 3.80. The van der Waals surface area contributed by atoms with Gasteiger partial charge in [-0.3, -0.25) is 4.79 Å². The van der Waals surface area contributed by atoms with E-state index in [0.29, 0.717) is 16.9 Å². The molecule has 3 N–H and O–H groups in total. The van der Waals surface area contributed by atoms with E-state index in [1.807, 2.05) is 13.0 Å². The van der Waals surface area contributed by atoms with E-state index in [1.54, 1.807) is 24.3 Å². The molecule has 0 atom stereocenters. The van der Waals surface area contributed by atoms with E-state index in [1.165, 1.54) is 12.1 Å². The van der Waals surface area contributed by atoms with E-state index in [4.69, 9.17) is 5.73 Å². The molecule has 0 saturated heterocycles. The number of nitrogens with one attached hydrogen (secondary N) is 1. The number of carbonyl (C=O) groups excluding carboxylic acids is 1. The third kappa shape index (κ3) is 3.55. The number of anilines is 2. The van der Waals surface area contributed by atoms with Gasteiger partial charge < -0.3 is 11.1 Å². The molecular formula is C15H15FN2O. The molecule has 98 valence electrons. The van der Waals surface area contributed by atoms with Crippen LogP contribution in [0.2, 0.25) is 0 Å². The molecule has 0 radical (unpaired) electrons. The SMILES string of the molecule is Cc1ccc(N)c(NC(=O)Cc2cccc(F)c2)c1. The van der Waals surface area contributed by atoms with Crippen molar-refractivity contribution in [1.29, 1.82) is 0 Å². The summed E-state index contributed by atoms with van der Waals surface area (Å²) in [6.07, 6.45) is 0.116. The Hall–Kier alpha value is -2.36. The lowest BCUT2D eigenvalue weighted by molar-refractivity contribution is -0.115. The fourth-order valence-electron chi connectivity index (χ4n) is 1.81. The van der Waals surface area contributed by atoms with Crippen LogP contribution in [0.5, 0.6) is 0 Å². The maximum absolute atomic E-state index is 13.0. The molecule has 0 spiro atoms. The van der Waals surface area contributed by atoms with E-state index in [2.05, 4.69) is 5.32 Å². The lowest BCUT2D eigenvalue weighted by Gasteiger charge is -2.09. The molecule has 0 aromatic heterocycles. The molecular weight excluding hydrogens is 243 g/mol. The topological polar surface area (TPSA) is 55.1 Å². The van der Waals surface area contributed by atoms with E-state index in [-0.39, 0.29) is 18.1 Å². The van der Waals surface area contributed by atoms with Gasteiger partial charge >= 0.3 is 0 Å². The largest absolute Gasteiger partial charge is 0.397 e. The summed E-state index contributed by atoms with van der Waals surface area (Å²) in [6, 6.07) is 11.4. The Morgan fingerprint density at radius 3 is 2.79 bits per heavy atom. The van der Waals surface area contributed by atoms with Crippen LogP contribution in [0.15, 0.2) is 42.5 Å². The molecule has 0 aliphatic heterocycles. The lowest BCUT2D eigenvalue weighted by atomic mass is 10.1. The minimum atomic E-state index is -0.347. The Bertz CT molecular complexity index is 611. The zero-order valence-electron chi connectivity index (χ0n) is 10.6. The average Bonchev–Trinajstić information content (AvgIpc) is 2.34. The second kappa shape index (κ2) is 5.52. The molecule has 2 aromatic rings. The monoisotopic (exact) mass is 258 g/mol. The molecule has 1 amide bonds. The molecule has 2 aromatic carbocycles. The van der Waals surface area contributed by atoms with Crippen LogP contribution in [0.1, 0.15) is 11.1 Å². The van der Waals surface area contributed by atoms with Gasteiger partial charge in [-0.2, -0.15) is 0 Å². The van der Waals surface area contributed by atoms with Gasteiger partial charge in [-0.05, 0) is 42.3 Å². The number of hydrogen-bond donors (Lipinski definition) is 2. The molecule has 4 heteroatoms. The van der Waals surface area contributed by atoms with Crippen molar-refractivity contribution in [2.75, 3.05) is 11.1 Å². The smallest absolute Gasteiger partial charge is 0.228 e. The summed E-state index contributed by atoms with van der Waals surface area (Å²) in [7, 11) is 0. The first-order valence-corrected chi connectivity index (χ1v) is 5.95. The molecule has 0 bridgehead atoms. The van der Waals surface area contributed by atoms with Gasteiger partial charge in [0.15, 0.2) is 0 Å². The summed E-state index contributed by atoms with van der Waals surface area (Å²) in [5, 5.41) is 2.73. The number of halogens is 1. The van der Waals surface area contributed by atoms with E-state index in [0.717, 1.165) is 5.56 Å². The quantitative estimate of drug-likeness (QED) is 0.832. The van der Waals surface area contributed by atoms with Crippen molar-refractivity contribution in [3.63, 3.8) is 0 Å². The fourth-order valence-corrected chi connectivity index (χ4v) is 1.81. The summed E-state index contributed by atoms with van der Waals surface area (Å²) < 4.78 is 13.0. The summed E-state index contributed by atoms with van der Waals surface area (Å²) in [6.45, 7) is 1.92. The second-order valence-electron chi connectivity index (χ2n) is 4.45. The lowest BCUT2D eigenvalue weighted by Crippen LogP contribution is -2.15. The number of nitrogens with two attached hydrogens (primary N) is 1. The van der Waals surface area contributed by atoms with Crippen molar-refractivity contribution in [3.05, 3.63) is 59.4 Å². The molecule has 0 saturated carbocycles. The van der Waals surface area contributed by atoms with Crippen molar-refractivity contribution >= 4 is 17.3 Å². The van der Waals surface area contributed by atoms with Gasteiger partial charge in [0.2, 0.25) is 5.91 Å². The van der Waals surface area contributed by atoms with Crippen LogP contribution >= 0.6 is 0 Å². The molecule has 0 aliphatic carbocycles. The van der Waals surface area contributed by atoms with Crippen LogP contribution < -0.4 is 11.1 Å². The molecule has 2 rings (SSSR count). The number of amides is 1. The van der Waals surface area contributed by atoms with Crippen LogP contribution in [0.3, 0.4) is 0 Å². The summed E-state index contributed by atoms with van der Waals surface area (Å²) >= 11 is 0. The molecule has 0 fully saturated rings. The highest BCUT2D eigenvalue weighted by Crippen LogP contribution is 2.19. The Morgan fingerprint density at radius 1 is 1.26 bits per heavy atom. The van der Waals surface area contributed by atoms with Crippen molar-refractivity contribution in [2.24, 2.45) is 0 Å². The highest BCUT2D eigenvalue weighted by molar-refractivity contribution is 5.95. The first kappa shape index (κ1) is 13.1. The third-order valence-corrected chi connectivity index (χ3v) is 2.74. The normalized spacial score (nSPS) is 10.2. The van der Waals surface area contributed by atoms with Crippen LogP contribution in [-0.4, -0.2) is 5.91 Å². The zero-order valence-corrected chi connectivity index (χ0v) is 10.6. The molecule has 3 nitrogen and oxygen atoms in total. The van der Waals surface area contributed by atoms with Crippen molar-refractivity contribution in [1.82, 2.24) is 0 Å². The Labute approximate surface area is 111 Å². The molecule has 0 aliphatic rings. The fraction of sp³-hybridized carbons (Fsp3) is 0.133. The molecule has 0 unspecified atom stereocenters. The summed E-state index contributed by atoms with van der Waals surface area (Å²) in [4.78, 5) is 11.9. The number of nitrogen functional groups attached to an aromatic ring is 1. The number of rotatable bonds is 3. The highest BCUT2D eigenvalue weighted by Gasteiger charge is 2.07. The van der Waals surface area contributed by atoms with Crippen molar-refractivity contribution in [3.8, 4) is 0 Å². The first-order chi connectivity index (χ1) is 9.04. The minimum absolute atomic E-state index is 0.116. The zero-order chi connectivity index (χ0) is 13.8. The van der Waals surface area contributed by atoms with Gasteiger partial charge in [0.05, 0.1) is 17.8 Å². The number of benzene rings is 2. The van der Waals surface area contributed by atoms with Crippen molar-refractivity contribution in [2.45, 2.75) is 13.3 Å². The molecule has 19 heavy (non-hydrogen) atoms. The second-order valence-corrected chi connectivity index (χ2v) is 4.45. The number of hydrogen-bond acceptors (Lipinski definition) is 2. The predicted molar refractivity (Wildman–Crippen MR) is 74.3 cm³/mol. The van der Waals surface area contributed by atoms with Gasteiger partial charge in [0.25, 0.3) is 0 Å². The van der Waals surface area contributed by atoms with E-state index in [9.17, 15) is 9.18 Å². The van der Waals surface area contributed by atoms with Crippen molar-refractivity contribution < 1.29 is 9.18 Å². The third-order valence-electron chi connectivity index (χ3n) is 2.74. The Balaban J connectivity index is 2.07.